The summed E-state index contributed by atoms with van der Waals surface area (Å²) in [6.45, 7) is 0.366. The molecule has 2 amide bonds. The van der Waals surface area contributed by atoms with Gasteiger partial charge in [0.05, 0.1) is 0 Å². The third-order valence-electron chi connectivity index (χ3n) is 2.41. The molecule has 0 aromatic heterocycles. The van der Waals surface area contributed by atoms with Gasteiger partial charge in [-0.25, -0.2) is 0 Å². The lowest BCUT2D eigenvalue weighted by Gasteiger charge is -2.24. The van der Waals surface area contributed by atoms with E-state index in [-0.39, 0.29) is 18.2 Å². The zero-order valence-corrected chi connectivity index (χ0v) is 8.57. The fourth-order valence-corrected chi connectivity index (χ4v) is 1.60. The Morgan fingerprint density at radius 2 is 1.80 bits per heavy atom. The first-order valence-corrected chi connectivity index (χ1v) is 5.16. The van der Waals surface area contributed by atoms with Crippen LogP contribution in [0.5, 0.6) is 0 Å². The van der Waals surface area contributed by atoms with E-state index < -0.39 is 5.97 Å². The van der Waals surface area contributed by atoms with Crippen LogP contribution < -0.4 is 0 Å². The number of carboxylic acid groups (broad SMARTS) is 1. The number of carbonyl (C=O) groups excluding carboxylic acids is 2. The standard InChI is InChI=1S/C10H15NO4/c12-8-4-3-5-9(13)11(8)7-2-1-6-10(14)15/h1-7H2,(H,14,15). The van der Waals surface area contributed by atoms with Crippen molar-refractivity contribution in [3.05, 3.63) is 0 Å². The van der Waals surface area contributed by atoms with Crippen molar-refractivity contribution in [3.63, 3.8) is 0 Å². The summed E-state index contributed by atoms with van der Waals surface area (Å²) < 4.78 is 0. The highest BCUT2D eigenvalue weighted by Crippen LogP contribution is 2.13. The first-order chi connectivity index (χ1) is 7.11. The van der Waals surface area contributed by atoms with E-state index in [2.05, 4.69) is 0 Å². The minimum atomic E-state index is -0.841. The first kappa shape index (κ1) is 11.7. The van der Waals surface area contributed by atoms with E-state index in [0.717, 1.165) is 0 Å². The second kappa shape index (κ2) is 5.48. The maximum absolute atomic E-state index is 11.3. The number of aliphatic carboxylic acids is 1. The monoisotopic (exact) mass is 213 g/mol. The molecule has 5 heteroatoms. The second-order valence-electron chi connectivity index (χ2n) is 3.64. The average molecular weight is 213 g/mol. The fourth-order valence-electron chi connectivity index (χ4n) is 1.60. The van der Waals surface area contributed by atoms with Crippen LogP contribution in [0.4, 0.5) is 0 Å². The highest BCUT2D eigenvalue weighted by molar-refractivity contribution is 5.97. The lowest BCUT2D eigenvalue weighted by Crippen LogP contribution is -2.40. The minimum Gasteiger partial charge on any atom is -0.481 e. The molecule has 0 bridgehead atoms. The van der Waals surface area contributed by atoms with E-state index in [9.17, 15) is 14.4 Å². The molecule has 1 saturated heterocycles. The number of amides is 2. The van der Waals surface area contributed by atoms with Gasteiger partial charge >= 0.3 is 5.97 Å². The number of carbonyl (C=O) groups is 3. The van der Waals surface area contributed by atoms with E-state index in [4.69, 9.17) is 5.11 Å². The van der Waals surface area contributed by atoms with Crippen molar-refractivity contribution >= 4 is 17.8 Å². The van der Waals surface area contributed by atoms with Crippen LogP contribution in [-0.4, -0.2) is 34.3 Å². The first-order valence-electron chi connectivity index (χ1n) is 5.16. The van der Waals surface area contributed by atoms with Crippen molar-refractivity contribution in [3.8, 4) is 0 Å². The Hall–Kier alpha value is -1.39. The van der Waals surface area contributed by atoms with Crippen molar-refractivity contribution in [2.45, 2.75) is 38.5 Å². The Labute approximate surface area is 88.1 Å². The molecule has 84 valence electrons. The summed E-state index contributed by atoms with van der Waals surface area (Å²) in [5, 5.41) is 8.41. The van der Waals surface area contributed by atoms with Gasteiger partial charge in [0.15, 0.2) is 0 Å². The van der Waals surface area contributed by atoms with Crippen LogP contribution in [0.3, 0.4) is 0 Å². The van der Waals surface area contributed by atoms with Crippen LogP contribution in [0, 0.1) is 0 Å². The number of unbranched alkanes of at least 4 members (excludes halogenated alkanes) is 1. The second-order valence-corrected chi connectivity index (χ2v) is 3.64. The van der Waals surface area contributed by atoms with Gasteiger partial charge in [0.25, 0.3) is 0 Å². The number of carboxylic acids is 1. The van der Waals surface area contributed by atoms with E-state index in [1.807, 2.05) is 0 Å². The Morgan fingerprint density at radius 3 is 2.33 bits per heavy atom. The van der Waals surface area contributed by atoms with Gasteiger partial charge in [-0.3, -0.25) is 19.3 Å². The van der Waals surface area contributed by atoms with Crippen LogP contribution in [0.15, 0.2) is 0 Å². The van der Waals surface area contributed by atoms with Crippen LogP contribution in [0.2, 0.25) is 0 Å². The van der Waals surface area contributed by atoms with Gasteiger partial charge in [0.2, 0.25) is 11.8 Å². The fraction of sp³-hybridized carbons (Fsp3) is 0.700. The summed E-state index contributed by atoms with van der Waals surface area (Å²) >= 11 is 0. The SMILES string of the molecule is O=C(O)CCCCN1C(=O)CCCC1=O. The molecule has 1 aliphatic heterocycles. The van der Waals surface area contributed by atoms with E-state index in [0.29, 0.717) is 38.6 Å². The Kier molecular flexibility index (Phi) is 4.27. The molecule has 1 heterocycles. The normalized spacial score (nSPS) is 16.9. The summed E-state index contributed by atoms with van der Waals surface area (Å²) in [5.74, 6) is -1.09. The van der Waals surface area contributed by atoms with Gasteiger partial charge in [-0.05, 0) is 19.3 Å². The number of hydrogen-bond acceptors (Lipinski definition) is 3. The predicted octanol–water partition coefficient (Wildman–Crippen LogP) is 0.780. The predicted molar refractivity (Wildman–Crippen MR) is 52.1 cm³/mol. The van der Waals surface area contributed by atoms with Crippen molar-refractivity contribution < 1.29 is 19.5 Å². The summed E-state index contributed by atoms with van der Waals surface area (Å²) in [4.78, 5) is 34.1. The number of imide groups is 1. The summed E-state index contributed by atoms with van der Waals surface area (Å²) in [7, 11) is 0. The number of rotatable bonds is 5. The molecular formula is C10H15NO4. The molecule has 0 spiro atoms. The van der Waals surface area contributed by atoms with Crippen LogP contribution in [0.1, 0.15) is 38.5 Å². The van der Waals surface area contributed by atoms with E-state index in [1.165, 1.54) is 4.90 Å². The minimum absolute atomic E-state index is 0.0935. The lowest BCUT2D eigenvalue weighted by molar-refractivity contribution is -0.147. The van der Waals surface area contributed by atoms with Gasteiger partial charge < -0.3 is 5.11 Å². The molecule has 1 rings (SSSR count). The molecule has 0 radical (unpaired) electrons. The molecule has 1 fully saturated rings. The molecule has 0 saturated carbocycles. The Bertz CT molecular complexity index is 259. The molecule has 5 nitrogen and oxygen atoms in total. The molecule has 15 heavy (non-hydrogen) atoms. The molecule has 0 atom stereocenters. The topological polar surface area (TPSA) is 74.7 Å². The van der Waals surface area contributed by atoms with Gasteiger partial charge in [0.1, 0.15) is 0 Å². The summed E-state index contributed by atoms with van der Waals surface area (Å²) in [5.41, 5.74) is 0. The van der Waals surface area contributed by atoms with Crippen LogP contribution in [0.25, 0.3) is 0 Å². The third-order valence-corrected chi connectivity index (χ3v) is 2.41. The smallest absolute Gasteiger partial charge is 0.303 e. The van der Waals surface area contributed by atoms with E-state index in [1.54, 1.807) is 0 Å². The molecule has 1 aliphatic rings. The molecule has 0 aliphatic carbocycles. The van der Waals surface area contributed by atoms with E-state index >= 15 is 0 Å². The van der Waals surface area contributed by atoms with Gasteiger partial charge in [0, 0.05) is 25.8 Å². The van der Waals surface area contributed by atoms with Gasteiger partial charge in [-0.1, -0.05) is 0 Å². The third kappa shape index (κ3) is 3.69. The Balaban J connectivity index is 2.26. The van der Waals surface area contributed by atoms with Gasteiger partial charge in [-0.15, -0.1) is 0 Å². The quantitative estimate of drug-likeness (QED) is 0.541. The molecule has 1 N–H and O–H groups in total. The average Bonchev–Trinajstić information content (AvgIpc) is 2.15. The molecule has 0 aromatic rings. The largest absolute Gasteiger partial charge is 0.481 e. The zero-order chi connectivity index (χ0) is 11.3. The van der Waals surface area contributed by atoms with Crippen LogP contribution in [-0.2, 0) is 14.4 Å². The Morgan fingerprint density at radius 1 is 1.20 bits per heavy atom. The van der Waals surface area contributed by atoms with Crippen molar-refractivity contribution in [2.75, 3.05) is 6.54 Å². The summed E-state index contributed by atoms with van der Waals surface area (Å²) in [6.07, 6.45) is 2.69. The van der Waals surface area contributed by atoms with Crippen molar-refractivity contribution in [1.82, 2.24) is 4.90 Å². The zero-order valence-electron chi connectivity index (χ0n) is 8.57. The number of nitrogens with zero attached hydrogens (tertiary/aromatic N) is 1. The highest BCUT2D eigenvalue weighted by Gasteiger charge is 2.24. The molecular weight excluding hydrogens is 198 g/mol. The number of hydrogen-bond donors (Lipinski definition) is 1. The van der Waals surface area contributed by atoms with Gasteiger partial charge in [-0.2, -0.15) is 0 Å². The molecule has 0 unspecified atom stereocenters. The number of piperidine rings is 1. The van der Waals surface area contributed by atoms with Crippen LogP contribution >= 0.6 is 0 Å². The summed E-state index contributed by atoms with van der Waals surface area (Å²) in [6, 6.07) is 0. The molecule has 0 aromatic carbocycles. The van der Waals surface area contributed by atoms with Crippen molar-refractivity contribution in [1.29, 1.82) is 0 Å². The lowest BCUT2D eigenvalue weighted by atomic mass is 10.1. The highest BCUT2D eigenvalue weighted by atomic mass is 16.4. The maximum Gasteiger partial charge on any atom is 0.303 e. The van der Waals surface area contributed by atoms with Crippen molar-refractivity contribution in [2.24, 2.45) is 0 Å². The number of likely N-dealkylation sites (tertiary alicyclic amines) is 1. The maximum atomic E-state index is 11.3.